The Morgan fingerprint density at radius 1 is 1.00 bits per heavy atom. The smallest absolute Gasteiger partial charge is 0.0199 e. The molecule has 0 heterocycles. The number of allylic oxidation sites excluding steroid dienone is 1. The van der Waals surface area contributed by atoms with Gasteiger partial charge in [-0.1, -0.05) is 75.3 Å². The van der Waals surface area contributed by atoms with E-state index in [1.807, 2.05) is 0 Å². The van der Waals surface area contributed by atoms with Gasteiger partial charge >= 0.3 is 0 Å². The van der Waals surface area contributed by atoms with E-state index in [9.17, 15) is 0 Å². The minimum atomic E-state index is 0.386. The topological polar surface area (TPSA) is 0 Å². The van der Waals surface area contributed by atoms with Crippen molar-refractivity contribution in [2.24, 2.45) is 56.7 Å². The van der Waals surface area contributed by atoms with E-state index in [2.05, 4.69) is 81.9 Å². The highest BCUT2D eigenvalue weighted by Gasteiger charge is 2.61. The third kappa shape index (κ3) is 3.38. The van der Waals surface area contributed by atoms with Crippen LogP contribution in [0.2, 0.25) is 0 Å². The van der Waals surface area contributed by atoms with Gasteiger partial charge in [0.25, 0.3) is 0 Å². The highest BCUT2D eigenvalue weighted by molar-refractivity contribution is 5.12. The van der Waals surface area contributed by atoms with E-state index in [1.165, 1.54) is 44.9 Å². The van der Waals surface area contributed by atoms with Gasteiger partial charge in [0.15, 0.2) is 0 Å². The van der Waals surface area contributed by atoms with E-state index in [-0.39, 0.29) is 0 Å². The van der Waals surface area contributed by atoms with E-state index < -0.39 is 0 Å². The zero-order valence-electron chi connectivity index (χ0n) is 21.6. The van der Waals surface area contributed by atoms with E-state index in [0.717, 1.165) is 29.6 Å². The summed E-state index contributed by atoms with van der Waals surface area (Å²) in [6, 6.07) is 0. The lowest BCUT2D eigenvalue weighted by Gasteiger charge is -2.63. The second-order valence-corrected chi connectivity index (χ2v) is 14.0. The predicted octanol–water partition coefficient (Wildman–Crippen LogP) is 9.16. The van der Waals surface area contributed by atoms with Crippen LogP contribution in [0.3, 0.4) is 0 Å². The van der Waals surface area contributed by atoms with Crippen LogP contribution in [0.25, 0.3) is 0 Å². The lowest BCUT2D eigenvalue weighted by atomic mass is 9.42. The predicted molar refractivity (Wildman–Crippen MR) is 129 cm³/mol. The zero-order chi connectivity index (χ0) is 22.0. The Kier molecular flexibility index (Phi) is 5.75. The van der Waals surface area contributed by atoms with Crippen molar-refractivity contribution in [3.05, 3.63) is 12.7 Å². The normalized spacial score (nSPS) is 47.7. The van der Waals surface area contributed by atoms with Gasteiger partial charge in [0.2, 0.25) is 0 Å². The first kappa shape index (κ1) is 23.4. The molecule has 0 nitrogen and oxygen atoms in total. The maximum absolute atomic E-state index is 4.12. The summed E-state index contributed by atoms with van der Waals surface area (Å²) >= 11 is 0. The first-order chi connectivity index (χ1) is 13.2. The second-order valence-electron chi connectivity index (χ2n) is 14.0. The van der Waals surface area contributed by atoms with Crippen LogP contribution in [-0.2, 0) is 0 Å². The van der Waals surface area contributed by atoms with E-state index in [0.29, 0.717) is 27.1 Å². The third-order valence-electron chi connectivity index (χ3n) is 11.6. The van der Waals surface area contributed by atoms with Gasteiger partial charge in [-0.25, -0.2) is 0 Å². The zero-order valence-corrected chi connectivity index (χ0v) is 21.6. The fourth-order valence-corrected chi connectivity index (χ4v) is 10.1. The van der Waals surface area contributed by atoms with Gasteiger partial charge in [0.05, 0.1) is 0 Å². The third-order valence-corrected chi connectivity index (χ3v) is 11.6. The Balaban J connectivity index is 1.79. The van der Waals surface area contributed by atoms with Crippen molar-refractivity contribution in [1.82, 2.24) is 0 Å². The fourth-order valence-electron chi connectivity index (χ4n) is 10.1. The Labute approximate surface area is 183 Å². The molecule has 3 rings (SSSR count). The molecule has 3 aliphatic carbocycles. The second kappa shape index (κ2) is 7.13. The Hall–Kier alpha value is -0.260. The molecular weight excluding hydrogens is 348 g/mol. The van der Waals surface area contributed by atoms with Crippen molar-refractivity contribution < 1.29 is 0 Å². The van der Waals surface area contributed by atoms with Gasteiger partial charge in [-0.2, -0.15) is 0 Å². The molecule has 8 atom stereocenters. The molecule has 0 spiro atoms. The molecule has 8 unspecified atom stereocenters. The molecule has 3 aliphatic rings. The quantitative estimate of drug-likeness (QED) is 0.374. The number of fused-ring (bicyclic) bond motifs is 2. The van der Waals surface area contributed by atoms with Gasteiger partial charge < -0.3 is 0 Å². The maximum atomic E-state index is 4.12. The SMILES string of the molecule is C=CC1CC(CC)(C(C)(C)CC(C)(C)CC2(C)CC3(C)C(C)CCC2C3C)C1C. The van der Waals surface area contributed by atoms with E-state index in [1.54, 1.807) is 0 Å². The molecule has 0 saturated heterocycles. The molecule has 3 saturated carbocycles. The van der Waals surface area contributed by atoms with Crippen molar-refractivity contribution in [2.45, 2.75) is 114 Å². The average molecular weight is 401 g/mol. The summed E-state index contributed by atoms with van der Waals surface area (Å²) < 4.78 is 0. The highest BCUT2D eigenvalue weighted by atomic mass is 14.7. The van der Waals surface area contributed by atoms with Crippen molar-refractivity contribution in [2.75, 3.05) is 0 Å². The maximum Gasteiger partial charge on any atom is -0.0199 e. The van der Waals surface area contributed by atoms with Crippen molar-refractivity contribution in [1.29, 1.82) is 0 Å². The summed E-state index contributed by atoms with van der Waals surface area (Å²) in [7, 11) is 0. The molecule has 168 valence electrons. The van der Waals surface area contributed by atoms with Crippen LogP contribution in [-0.4, -0.2) is 0 Å². The summed E-state index contributed by atoms with van der Waals surface area (Å²) in [6.07, 6.45) is 12.0. The monoisotopic (exact) mass is 400 g/mol. The molecule has 0 aromatic carbocycles. The molecule has 3 fully saturated rings. The molecule has 0 aliphatic heterocycles. The van der Waals surface area contributed by atoms with Crippen LogP contribution < -0.4 is 0 Å². The lowest BCUT2D eigenvalue weighted by Crippen LogP contribution is -2.55. The van der Waals surface area contributed by atoms with Gasteiger partial charge in [0.1, 0.15) is 0 Å². The molecule has 0 aromatic heterocycles. The molecule has 0 heteroatoms. The molecule has 0 aromatic rings. The van der Waals surface area contributed by atoms with Crippen molar-refractivity contribution in [3.8, 4) is 0 Å². The van der Waals surface area contributed by atoms with Crippen LogP contribution in [0.5, 0.6) is 0 Å². The minimum absolute atomic E-state index is 0.386. The summed E-state index contributed by atoms with van der Waals surface area (Å²) in [4.78, 5) is 0. The highest BCUT2D eigenvalue weighted by Crippen LogP contribution is 2.69. The standard InChI is InChI=1S/C29H52/c1-12-23-16-29(13-2,21(23)4)26(8,9)17-25(6,7)18-27(10)19-28(11)20(3)14-15-24(27)22(28)5/h12,20-24H,1,13-19H2,2-11H3. The Morgan fingerprint density at radius 2 is 1.62 bits per heavy atom. The minimum Gasteiger partial charge on any atom is -0.103 e. The summed E-state index contributed by atoms with van der Waals surface area (Å²) in [5.74, 6) is 4.22. The van der Waals surface area contributed by atoms with Crippen LogP contribution in [0.4, 0.5) is 0 Å². The summed E-state index contributed by atoms with van der Waals surface area (Å²) in [5, 5.41) is 0. The largest absolute Gasteiger partial charge is 0.103 e. The van der Waals surface area contributed by atoms with Crippen LogP contribution in [0.15, 0.2) is 12.7 Å². The molecule has 29 heavy (non-hydrogen) atoms. The first-order valence-corrected chi connectivity index (χ1v) is 12.8. The lowest BCUT2D eigenvalue weighted by molar-refractivity contribution is -0.129. The van der Waals surface area contributed by atoms with Crippen molar-refractivity contribution >= 4 is 0 Å². The van der Waals surface area contributed by atoms with Crippen molar-refractivity contribution in [3.63, 3.8) is 0 Å². The molecule has 2 bridgehead atoms. The fraction of sp³-hybridized carbons (Fsp3) is 0.931. The molecule has 0 N–H and O–H groups in total. The molecular formula is C29H52. The van der Waals surface area contributed by atoms with Gasteiger partial charge in [-0.3, -0.25) is 0 Å². The Bertz CT molecular complexity index is 626. The molecule has 0 amide bonds. The first-order valence-electron chi connectivity index (χ1n) is 12.8. The van der Waals surface area contributed by atoms with Crippen LogP contribution in [0, 0.1) is 56.7 Å². The number of hydrogen-bond donors (Lipinski definition) is 0. The Morgan fingerprint density at radius 3 is 2.10 bits per heavy atom. The van der Waals surface area contributed by atoms with E-state index in [4.69, 9.17) is 0 Å². The van der Waals surface area contributed by atoms with Crippen LogP contribution >= 0.6 is 0 Å². The summed E-state index contributed by atoms with van der Waals surface area (Å²) in [5.41, 5.74) is 2.36. The number of hydrogen-bond acceptors (Lipinski definition) is 0. The van der Waals surface area contributed by atoms with Gasteiger partial charge in [0, 0.05) is 0 Å². The number of rotatable bonds is 7. The van der Waals surface area contributed by atoms with Crippen LogP contribution in [0.1, 0.15) is 114 Å². The van der Waals surface area contributed by atoms with E-state index >= 15 is 0 Å². The molecule has 0 radical (unpaired) electrons. The van der Waals surface area contributed by atoms with Gasteiger partial charge in [-0.05, 0) is 102 Å². The summed E-state index contributed by atoms with van der Waals surface area (Å²) in [6.45, 7) is 29.8. The average Bonchev–Trinajstić information content (AvgIpc) is 2.69. The van der Waals surface area contributed by atoms with Gasteiger partial charge in [-0.15, -0.1) is 6.58 Å².